The first-order valence-electron chi connectivity index (χ1n) is 5.02. The average molecular weight is 187 g/mol. The van der Waals surface area contributed by atoms with Crippen LogP contribution in [0.25, 0.3) is 0 Å². The molecule has 0 aromatic rings. The molecule has 4 heteroatoms. The molecule has 0 saturated carbocycles. The number of esters is 1. The van der Waals surface area contributed by atoms with Gasteiger partial charge in [0, 0.05) is 19.6 Å². The number of carbonyl (C=O) groups excluding carboxylic acids is 1. The van der Waals surface area contributed by atoms with Crippen molar-refractivity contribution in [1.29, 1.82) is 0 Å². The second-order valence-corrected chi connectivity index (χ2v) is 3.26. The predicted molar refractivity (Wildman–Crippen MR) is 49.3 cm³/mol. The first kappa shape index (κ1) is 10.5. The second kappa shape index (κ2) is 5.94. The molecule has 1 saturated heterocycles. The van der Waals surface area contributed by atoms with E-state index in [2.05, 4.69) is 10.2 Å². The Morgan fingerprint density at radius 3 is 2.77 bits per heavy atom. The van der Waals surface area contributed by atoms with Gasteiger partial charge in [0.15, 0.2) is 0 Å². The summed E-state index contributed by atoms with van der Waals surface area (Å²) in [7, 11) is 0. The number of piperazine rings is 1. The van der Waals surface area contributed by atoms with E-state index in [-0.39, 0.29) is 5.97 Å². The fourth-order valence-corrected chi connectivity index (χ4v) is 1.51. The zero-order valence-corrected chi connectivity index (χ0v) is 8.29. The number of rotatable bonds is 4. The number of hydrogen-bond donors (Lipinski definition) is 1. The third-order valence-electron chi connectivity index (χ3n) is 2.24. The van der Waals surface area contributed by atoms with Gasteiger partial charge in [0.05, 0.1) is 26.1 Å². The maximum Gasteiger partial charge on any atom is 0.307 e. The summed E-state index contributed by atoms with van der Waals surface area (Å²) >= 11 is 0. The second-order valence-electron chi connectivity index (χ2n) is 3.26. The van der Waals surface area contributed by atoms with Gasteiger partial charge >= 0.3 is 5.97 Å². The van der Waals surface area contributed by atoms with E-state index in [1.54, 1.807) is 0 Å². The molecule has 0 bridgehead atoms. The van der Waals surface area contributed by atoms with E-state index in [1.807, 2.05) is 6.92 Å². The minimum Gasteiger partial charge on any atom is -0.466 e. The van der Waals surface area contributed by atoms with E-state index in [0.717, 1.165) is 32.7 Å². The van der Waals surface area contributed by atoms with Crippen LogP contribution in [0.2, 0.25) is 0 Å². The first-order chi connectivity index (χ1) is 6.33. The fraction of sp³-hybridized carbons (Fsp3) is 0.889. The Hall–Kier alpha value is -0.610. The summed E-state index contributed by atoms with van der Waals surface area (Å²) in [5.74, 6) is -0.0722. The van der Waals surface area contributed by atoms with Crippen LogP contribution in [-0.4, -0.2) is 50.2 Å². The van der Waals surface area contributed by atoms with E-state index in [4.69, 9.17) is 4.74 Å². The zero-order valence-electron chi connectivity index (χ0n) is 8.29. The average Bonchev–Trinajstić information content (AvgIpc) is 2.17. The van der Waals surface area contributed by atoms with Crippen LogP contribution in [-0.2, 0) is 9.53 Å². The van der Waals surface area contributed by atoms with Gasteiger partial charge in [-0.05, 0) is 6.92 Å². The Morgan fingerprint density at radius 1 is 1.46 bits per heavy atom. The molecule has 2 N–H and O–H groups in total. The van der Waals surface area contributed by atoms with Gasteiger partial charge in [0.1, 0.15) is 0 Å². The van der Waals surface area contributed by atoms with E-state index in [9.17, 15) is 4.79 Å². The lowest BCUT2D eigenvalue weighted by atomic mass is 10.3. The molecule has 1 rings (SSSR count). The Morgan fingerprint density at radius 2 is 2.15 bits per heavy atom. The maximum absolute atomic E-state index is 11.0. The summed E-state index contributed by atoms with van der Waals surface area (Å²) in [6.45, 7) is 7.69. The van der Waals surface area contributed by atoms with E-state index < -0.39 is 0 Å². The van der Waals surface area contributed by atoms with Crippen molar-refractivity contribution in [3.63, 3.8) is 0 Å². The lowest BCUT2D eigenvalue weighted by Crippen LogP contribution is -2.89. The molecule has 0 aromatic heterocycles. The molecule has 0 radical (unpaired) electrons. The van der Waals surface area contributed by atoms with Crippen molar-refractivity contribution in [3.05, 3.63) is 0 Å². The molecule has 0 amide bonds. The molecular weight excluding hydrogens is 168 g/mol. The van der Waals surface area contributed by atoms with Gasteiger partial charge in [-0.1, -0.05) is 0 Å². The standard InChI is InChI=1S/C9H18N2O2/c1-2-13-9(12)3-6-11-7-4-10-5-8-11/h10H,2-8H2,1H3/p+1. The fourth-order valence-electron chi connectivity index (χ4n) is 1.51. The number of nitrogens with two attached hydrogens (primary N) is 1. The number of quaternary nitrogens is 1. The molecule has 1 fully saturated rings. The van der Waals surface area contributed by atoms with Crippen molar-refractivity contribution in [1.82, 2.24) is 4.90 Å². The van der Waals surface area contributed by atoms with Crippen LogP contribution < -0.4 is 5.32 Å². The summed E-state index contributed by atoms with van der Waals surface area (Å²) in [6.07, 6.45) is 0.536. The van der Waals surface area contributed by atoms with Crippen molar-refractivity contribution in [3.8, 4) is 0 Å². The van der Waals surface area contributed by atoms with Crippen molar-refractivity contribution in [2.45, 2.75) is 13.3 Å². The smallest absolute Gasteiger partial charge is 0.307 e. The monoisotopic (exact) mass is 187 g/mol. The Balaban J connectivity index is 2.06. The largest absolute Gasteiger partial charge is 0.466 e. The van der Waals surface area contributed by atoms with Crippen LogP contribution in [0.4, 0.5) is 0 Å². The molecule has 76 valence electrons. The van der Waals surface area contributed by atoms with Gasteiger partial charge in [0.2, 0.25) is 0 Å². The molecule has 0 aromatic carbocycles. The summed E-state index contributed by atoms with van der Waals surface area (Å²) < 4.78 is 4.86. The minimum atomic E-state index is -0.0722. The molecule has 0 unspecified atom stereocenters. The topological polar surface area (TPSA) is 46.1 Å². The van der Waals surface area contributed by atoms with Gasteiger partial charge in [0.25, 0.3) is 0 Å². The maximum atomic E-state index is 11.0. The van der Waals surface area contributed by atoms with E-state index in [1.165, 1.54) is 0 Å². The first-order valence-corrected chi connectivity index (χ1v) is 5.02. The highest BCUT2D eigenvalue weighted by molar-refractivity contribution is 5.69. The molecule has 0 aliphatic carbocycles. The van der Waals surface area contributed by atoms with Crippen molar-refractivity contribution in [2.24, 2.45) is 0 Å². The van der Waals surface area contributed by atoms with Gasteiger partial charge in [-0.25, -0.2) is 0 Å². The predicted octanol–water partition coefficient (Wildman–Crippen LogP) is -1.18. The van der Waals surface area contributed by atoms with Crippen LogP contribution in [0.15, 0.2) is 0 Å². The van der Waals surface area contributed by atoms with Crippen LogP contribution in [0.3, 0.4) is 0 Å². The Bertz CT molecular complexity index is 156. The van der Waals surface area contributed by atoms with Crippen LogP contribution in [0.1, 0.15) is 13.3 Å². The Kier molecular flexibility index (Phi) is 4.78. The summed E-state index contributed by atoms with van der Waals surface area (Å²) in [4.78, 5) is 13.3. The Labute approximate surface area is 79.2 Å². The van der Waals surface area contributed by atoms with Crippen LogP contribution in [0.5, 0.6) is 0 Å². The molecule has 1 aliphatic heterocycles. The molecule has 4 nitrogen and oxygen atoms in total. The lowest BCUT2D eigenvalue weighted by molar-refractivity contribution is -0.663. The molecule has 13 heavy (non-hydrogen) atoms. The van der Waals surface area contributed by atoms with E-state index in [0.29, 0.717) is 13.0 Å². The number of carbonyl (C=O) groups is 1. The zero-order chi connectivity index (χ0) is 9.52. The SMILES string of the molecule is CCOC(=O)CCN1CC[NH2+]CC1. The van der Waals surface area contributed by atoms with Crippen LogP contribution in [0, 0.1) is 0 Å². The minimum absolute atomic E-state index is 0.0722. The number of nitrogens with zero attached hydrogens (tertiary/aromatic N) is 1. The highest BCUT2D eigenvalue weighted by Gasteiger charge is 2.13. The summed E-state index contributed by atoms with van der Waals surface area (Å²) in [6, 6.07) is 0. The van der Waals surface area contributed by atoms with Gasteiger partial charge in [-0.2, -0.15) is 0 Å². The summed E-state index contributed by atoms with van der Waals surface area (Å²) in [5.41, 5.74) is 0. The molecule has 1 heterocycles. The summed E-state index contributed by atoms with van der Waals surface area (Å²) in [5, 5.41) is 2.31. The van der Waals surface area contributed by atoms with Crippen molar-refractivity contribution >= 4 is 5.97 Å². The van der Waals surface area contributed by atoms with Crippen molar-refractivity contribution in [2.75, 3.05) is 39.3 Å². The van der Waals surface area contributed by atoms with Gasteiger partial charge < -0.3 is 10.1 Å². The highest BCUT2D eigenvalue weighted by atomic mass is 16.5. The normalized spacial score (nSPS) is 18.5. The third kappa shape index (κ3) is 4.24. The highest BCUT2D eigenvalue weighted by Crippen LogP contribution is 1.93. The molecule has 0 spiro atoms. The van der Waals surface area contributed by atoms with Crippen LogP contribution >= 0.6 is 0 Å². The van der Waals surface area contributed by atoms with Crippen molar-refractivity contribution < 1.29 is 14.8 Å². The third-order valence-corrected chi connectivity index (χ3v) is 2.24. The molecule has 1 aliphatic rings. The van der Waals surface area contributed by atoms with Gasteiger partial charge in [-0.3, -0.25) is 9.69 Å². The van der Waals surface area contributed by atoms with Gasteiger partial charge in [-0.15, -0.1) is 0 Å². The number of ether oxygens (including phenoxy) is 1. The number of hydrogen-bond acceptors (Lipinski definition) is 3. The quantitative estimate of drug-likeness (QED) is 0.563. The lowest BCUT2D eigenvalue weighted by Gasteiger charge is -2.24. The molecule has 0 atom stereocenters. The van der Waals surface area contributed by atoms with E-state index >= 15 is 0 Å². The molecular formula is C9H19N2O2+.